The summed E-state index contributed by atoms with van der Waals surface area (Å²) in [5.41, 5.74) is 2.28. The zero-order valence-electron chi connectivity index (χ0n) is 19.5. The van der Waals surface area contributed by atoms with E-state index in [-0.39, 0.29) is 22.7 Å². The van der Waals surface area contributed by atoms with Crippen LogP contribution >= 0.6 is 0 Å². The van der Waals surface area contributed by atoms with Crippen LogP contribution < -0.4 is 5.32 Å². The van der Waals surface area contributed by atoms with Gasteiger partial charge in [-0.05, 0) is 36.8 Å². The minimum absolute atomic E-state index is 0.0136. The second kappa shape index (κ2) is 7.87. The molecule has 3 saturated heterocycles. The van der Waals surface area contributed by atoms with Crippen LogP contribution in [-0.2, 0) is 16.0 Å². The Morgan fingerprint density at radius 1 is 1.21 bits per heavy atom. The molecule has 1 aliphatic carbocycles. The van der Waals surface area contributed by atoms with Crippen LogP contribution in [0, 0.1) is 16.7 Å². The largest absolute Gasteiger partial charge is 0.424 e. The van der Waals surface area contributed by atoms with Gasteiger partial charge in [-0.3, -0.25) is 9.78 Å². The lowest BCUT2D eigenvalue weighted by Gasteiger charge is -2.50. The summed E-state index contributed by atoms with van der Waals surface area (Å²) in [6, 6.07) is 6.21. The first kappa shape index (κ1) is 21.2. The second-order valence-electron chi connectivity index (χ2n) is 11.1. The van der Waals surface area contributed by atoms with Gasteiger partial charge in [0.25, 0.3) is 0 Å². The van der Waals surface area contributed by atoms with Gasteiger partial charge in [-0.25, -0.2) is 0 Å². The van der Waals surface area contributed by atoms with Crippen molar-refractivity contribution >= 4 is 5.91 Å². The van der Waals surface area contributed by atoms with Gasteiger partial charge in [0.15, 0.2) is 0 Å². The van der Waals surface area contributed by atoms with Crippen molar-refractivity contribution in [1.82, 2.24) is 25.4 Å². The van der Waals surface area contributed by atoms with Crippen LogP contribution in [0.3, 0.4) is 0 Å². The van der Waals surface area contributed by atoms with Crippen LogP contribution in [0.15, 0.2) is 22.6 Å². The van der Waals surface area contributed by atoms with Crippen molar-refractivity contribution < 1.29 is 13.9 Å². The fourth-order valence-corrected chi connectivity index (χ4v) is 5.92. The van der Waals surface area contributed by atoms with Crippen molar-refractivity contribution in [3.05, 3.63) is 41.4 Å². The molecule has 33 heavy (non-hydrogen) atoms. The number of hydrogen-bond donors (Lipinski definition) is 1. The Balaban J connectivity index is 1.11. The molecule has 8 heteroatoms. The number of pyridine rings is 1. The number of aromatic nitrogens is 3. The summed E-state index contributed by atoms with van der Waals surface area (Å²) < 4.78 is 11.6. The summed E-state index contributed by atoms with van der Waals surface area (Å²) in [5, 5.41) is 12.3. The van der Waals surface area contributed by atoms with Crippen molar-refractivity contribution in [1.29, 1.82) is 0 Å². The van der Waals surface area contributed by atoms with Crippen molar-refractivity contribution in [2.45, 2.75) is 51.4 Å². The zero-order chi connectivity index (χ0) is 22.6. The molecule has 1 unspecified atom stereocenters. The molecule has 2 aromatic rings. The number of nitrogens with one attached hydrogen (secondary N) is 1. The predicted molar refractivity (Wildman–Crippen MR) is 121 cm³/mol. The van der Waals surface area contributed by atoms with Gasteiger partial charge < -0.3 is 19.4 Å². The van der Waals surface area contributed by atoms with E-state index in [0.29, 0.717) is 30.0 Å². The molecule has 4 aliphatic rings. The molecular weight excluding hydrogens is 418 g/mol. The summed E-state index contributed by atoms with van der Waals surface area (Å²) in [6.45, 7) is 9.24. The van der Waals surface area contributed by atoms with Crippen LogP contribution in [0.4, 0.5) is 0 Å². The number of ether oxygens (including phenoxy) is 1. The second-order valence-corrected chi connectivity index (χ2v) is 11.1. The number of likely N-dealkylation sites (tertiary alicyclic amines) is 1. The molecule has 4 fully saturated rings. The Morgan fingerprint density at radius 2 is 2.00 bits per heavy atom. The highest BCUT2D eigenvalue weighted by molar-refractivity contribution is 5.83. The molecule has 6 rings (SSSR count). The summed E-state index contributed by atoms with van der Waals surface area (Å²) in [7, 11) is 0. The van der Waals surface area contributed by atoms with Gasteiger partial charge >= 0.3 is 0 Å². The first-order chi connectivity index (χ1) is 15.9. The lowest BCUT2D eigenvalue weighted by Crippen LogP contribution is -2.62. The Hall–Kier alpha value is -2.32. The molecule has 176 valence electrons. The molecule has 2 atom stereocenters. The van der Waals surface area contributed by atoms with E-state index in [2.05, 4.69) is 41.5 Å². The molecule has 1 saturated carbocycles. The van der Waals surface area contributed by atoms with E-state index in [1.807, 2.05) is 11.0 Å². The van der Waals surface area contributed by atoms with E-state index in [4.69, 9.17) is 14.1 Å². The first-order valence-electron chi connectivity index (χ1n) is 12.3. The average Bonchev–Trinajstić information content (AvgIpc) is 3.14. The van der Waals surface area contributed by atoms with Crippen molar-refractivity contribution in [2.75, 3.05) is 39.4 Å². The SMILES string of the molecule is CC1(C)C[C@@H]1C(=O)N1CC2(CNCC2c2nnc(Cc3cccc(C4CCOCC4)n3)o2)C1. The van der Waals surface area contributed by atoms with Crippen molar-refractivity contribution in [2.24, 2.45) is 16.7 Å². The number of amides is 1. The molecule has 0 bridgehead atoms. The van der Waals surface area contributed by atoms with E-state index in [9.17, 15) is 4.79 Å². The topological polar surface area (TPSA) is 93.4 Å². The molecule has 3 aliphatic heterocycles. The van der Waals surface area contributed by atoms with Crippen LogP contribution in [-0.4, -0.2) is 65.4 Å². The summed E-state index contributed by atoms with van der Waals surface area (Å²) in [4.78, 5) is 19.7. The smallest absolute Gasteiger partial charge is 0.226 e. The van der Waals surface area contributed by atoms with Gasteiger partial charge in [0, 0.05) is 68.0 Å². The normalized spacial score (nSPS) is 28.1. The zero-order valence-corrected chi connectivity index (χ0v) is 19.5. The maximum absolute atomic E-state index is 12.8. The summed E-state index contributed by atoms with van der Waals surface area (Å²) >= 11 is 0. The van der Waals surface area contributed by atoms with Gasteiger partial charge in [0.05, 0.1) is 12.3 Å². The number of carbonyl (C=O) groups excluding carboxylic acids is 1. The molecule has 1 N–H and O–H groups in total. The first-order valence-corrected chi connectivity index (χ1v) is 12.3. The maximum Gasteiger partial charge on any atom is 0.226 e. The Morgan fingerprint density at radius 3 is 2.76 bits per heavy atom. The van der Waals surface area contributed by atoms with Gasteiger partial charge in [-0.1, -0.05) is 19.9 Å². The van der Waals surface area contributed by atoms with Crippen LogP contribution in [0.25, 0.3) is 0 Å². The highest BCUT2D eigenvalue weighted by atomic mass is 16.5. The molecule has 8 nitrogen and oxygen atoms in total. The minimum Gasteiger partial charge on any atom is -0.424 e. The molecule has 5 heterocycles. The average molecular weight is 452 g/mol. The van der Waals surface area contributed by atoms with E-state index in [1.165, 1.54) is 0 Å². The van der Waals surface area contributed by atoms with E-state index < -0.39 is 0 Å². The predicted octanol–water partition coefficient (Wildman–Crippen LogP) is 2.51. The third-order valence-corrected chi connectivity index (χ3v) is 8.28. The quantitative estimate of drug-likeness (QED) is 0.747. The van der Waals surface area contributed by atoms with Crippen LogP contribution in [0.5, 0.6) is 0 Å². The van der Waals surface area contributed by atoms with E-state index >= 15 is 0 Å². The monoisotopic (exact) mass is 451 g/mol. The molecular formula is C25H33N5O3. The lowest BCUT2D eigenvalue weighted by atomic mass is 9.71. The minimum atomic E-state index is 0.0136. The fourth-order valence-electron chi connectivity index (χ4n) is 5.92. The third kappa shape index (κ3) is 3.87. The summed E-state index contributed by atoms with van der Waals surface area (Å²) in [6.07, 6.45) is 3.59. The van der Waals surface area contributed by atoms with E-state index in [1.54, 1.807) is 0 Å². The highest BCUT2D eigenvalue weighted by Gasteiger charge is 2.59. The fraction of sp³-hybridized carbons (Fsp3) is 0.680. The van der Waals surface area contributed by atoms with Gasteiger partial charge in [0.1, 0.15) is 0 Å². The molecule has 1 spiro atoms. The van der Waals surface area contributed by atoms with E-state index in [0.717, 1.165) is 70.0 Å². The standard InChI is InChI=1S/C25H33N5O3/c1-24(2)11-18(24)23(31)30-14-25(15-30)13-26-12-19(25)22-29-28-21(33-22)10-17-4-3-5-20(27-17)16-6-8-32-9-7-16/h3-5,16,18-19,26H,6-15H2,1-2H3/t18-,19?/m1/s1. The van der Waals surface area contributed by atoms with Crippen LogP contribution in [0.2, 0.25) is 0 Å². The number of nitrogens with zero attached hydrogens (tertiary/aromatic N) is 4. The van der Waals surface area contributed by atoms with Gasteiger partial charge in [-0.15, -0.1) is 10.2 Å². The lowest BCUT2D eigenvalue weighted by molar-refractivity contribution is -0.145. The Labute approximate surface area is 194 Å². The molecule has 1 amide bonds. The molecule has 2 aromatic heterocycles. The highest BCUT2D eigenvalue weighted by Crippen LogP contribution is 2.55. The molecule has 0 radical (unpaired) electrons. The Kier molecular flexibility index (Phi) is 5.07. The third-order valence-electron chi connectivity index (χ3n) is 8.28. The number of hydrogen-bond acceptors (Lipinski definition) is 7. The van der Waals surface area contributed by atoms with Gasteiger partial charge in [-0.2, -0.15) is 0 Å². The molecule has 0 aromatic carbocycles. The maximum atomic E-state index is 12.8. The Bertz CT molecular complexity index is 1040. The summed E-state index contributed by atoms with van der Waals surface area (Å²) in [5.74, 6) is 2.42. The van der Waals surface area contributed by atoms with Crippen molar-refractivity contribution in [3.8, 4) is 0 Å². The van der Waals surface area contributed by atoms with Gasteiger partial charge in [0.2, 0.25) is 17.7 Å². The van der Waals surface area contributed by atoms with Crippen molar-refractivity contribution in [3.63, 3.8) is 0 Å². The van der Waals surface area contributed by atoms with Crippen LogP contribution in [0.1, 0.15) is 68.1 Å². The number of carbonyl (C=O) groups is 1. The number of rotatable bonds is 5.